The first-order valence-corrected chi connectivity index (χ1v) is 11.2. The number of aryl methyl sites for hydroxylation is 1. The lowest BCUT2D eigenvalue weighted by molar-refractivity contribution is -0.142. The molecule has 6 atom stereocenters. The fraction of sp³-hybridized carbons (Fsp3) is 0.346. The van der Waals surface area contributed by atoms with Crippen molar-refractivity contribution in [2.75, 3.05) is 11.9 Å². The van der Waals surface area contributed by atoms with Crippen LogP contribution >= 0.6 is 0 Å². The van der Waals surface area contributed by atoms with Crippen LogP contribution in [0.1, 0.15) is 12.0 Å². The second-order valence-corrected chi connectivity index (χ2v) is 9.40. The largest absolute Gasteiger partial charge is 0.457 e. The first-order valence-electron chi connectivity index (χ1n) is 11.2. The standard InChI is InChI=1S/C26H24N2O4/c1-14-2-6-16(7-3-14)32-17-8-4-15(5-9-17)27-22(29)13-28-25(30)23-18-10-11-19(21-12-20(18)21)24(23)26(28)31/h2-11,18-21,23-24H,12-13H2,1H3,(H,27,29)/t18-,19-,20-,21-,23+,24+/m0/s1. The van der Waals surface area contributed by atoms with Crippen molar-refractivity contribution < 1.29 is 19.1 Å². The summed E-state index contributed by atoms with van der Waals surface area (Å²) in [7, 11) is 0. The van der Waals surface area contributed by atoms with E-state index in [1.807, 2.05) is 31.2 Å². The molecule has 1 heterocycles. The van der Waals surface area contributed by atoms with Crippen LogP contribution in [0.15, 0.2) is 60.7 Å². The van der Waals surface area contributed by atoms with E-state index in [-0.39, 0.29) is 47.9 Å². The highest BCUT2D eigenvalue weighted by molar-refractivity contribution is 6.09. The lowest BCUT2D eigenvalue weighted by Crippen LogP contribution is -2.40. The van der Waals surface area contributed by atoms with Crippen molar-refractivity contribution in [3.63, 3.8) is 0 Å². The summed E-state index contributed by atoms with van der Waals surface area (Å²) in [6.45, 7) is 1.78. The fourth-order valence-corrected chi connectivity index (χ4v) is 5.87. The van der Waals surface area contributed by atoms with Crippen LogP contribution in [0, 0.1) is 42.4 Å². The molecule has 3 fully saturated rings. The Morgan fingerprint density at radius 2 is 1.44 bits per heavy atom. The second-order valence-electron chi connectivity index (χ2n) is 9.40. The molecule has 2 bridgehead atoms. The average molecular weight is 428 g/mol. The van der Waals surface area contributed by atoms with Gasteiger partial charge in [0, 0.05) is 5.69 Å². The van der Waals surface area contributed by atoms with Crippen LogP contribution in [0.3, 0.4) is 0 Å². The quantitative estimate of drug-likeness (QED) is 0.581. The third-order valence-corrected chi connectivity index (χ3v) is 7.45. The third-order valence-electron chi connectivity index (χ3n) is 7.45. The molecule has 2 aromatic rings. The summed E-state index contributed by atoms with van der Waals surface area (Å²) in [5.41, 5.74) is 1.75. The zero-order chi connectivity index (χ0) is 22.0. The van der Waals surface area contributed by atoms with Crippen molar-refractivity contribution in [2.24, 2.45) is 35.5 Å². The van der Waals surface area contributed by atoms with Gasteiger partial charge in [-0.2, -0.15) is 0 Å². The molecule has 1 N–H and O–H groups in total. The molecule has 32 heavy (non-hydrogen) atoms. The minimum Gasteiger partial charge on any atom is -0.457 e. The summed E-state index contributed by atoms with van der Waals surface area (Å²) in [6, 6.07) is 14.8. The highest BCUT2D eigenvalue weighted by Crippen LogP contribution is 2.65. The molecule has 2 aromatic carbocycles. The average Bonchev–Trinajstić information content (AvgIpc) is 3.58. The predicted molar refractivity (Wildman–Crippen MR) is 118 cm³/mol. The molecular weight excluding hydrogens is 404 g/mol. The Labute approximate surface area is 186 Å². The van der Waals surface area contributed by atoms with Crippen molar-refractivity contribution in [1.82, 2.24) is 4.90 Å². The van der Waals surface area contributed by atoms with Gasteiger partial charge in [0.05, 0.1) is 11.8 Å². The van der Waals surface area contributed by atoms with Crippen LogP contribution in [0.25, 0.3) is 0 Å². The molecule has 1 aliphatic heterocycles. The first kappa shape index (κ1) is 19.3. The maximum Gasteiger partial charge on any atom is 0.244 e. The summed E-state index contributed by atoms with van der Waals surface area (Å²) >= 11 is 0. The summed E-state index contributed by atoms with van der Waals surface area (Å²) in [4.78, 5) is 39.8. The van der Waals surface area contributed by atoms with E-state index >= 15 is 0 Å². The number of nitrogens with one attached hydrogen (secondary N) is 1. The Balaban J connectivity index is 1.09. The lowest BCUT2D eigenvalue weighted by atomic mass is 9.63. The lowest BCUT2D eigenvalue weighted by Gasteiger charge is -2.37. The minimum atomic E-state index is -0.372. The molecule has 4 aliphatic carbocycles. The van der Waals surface area contributed by atoms with Gasteiger partial charge in [0.2, 0.25) is 17.7 Å². The Morgan fingerprint density at radius 3 is 2.00 bits per heavy atom. The van der Waals surface area contributed by atoms with Crippen molar-refractivity contribution in [3.05, 3.63) is 66.2 Å². The van der Waals surface area contributed by atoms with Crippen LogP contribution in [0.4, 0.5) is 5.69 Å². The number of hydrogen-bond acceptors (Lipinski definition) is 4. The molecule has 1 saturated heterocycles. The van der Waals surface area contributed by atoms with Gasteiger partial charge >= 0.3 is 0 Å². The van der Waals surface area contributed by atoms with E-state index in [2.05, 4.69) is 17.5 Å². The molecule has 6 heteroatoms. The highest BCUT2D eigenvalue weighted by Gasteiger charge is 2.67. The van der Waals surface area contributed by atoms with E-state index < -0.39 is 0 Å². The van der Waals surface area contributed by atoms with E-state index in [4.69, 9.17) is 4.74 Å². The van der Waals surface area contributed by atoms with E-state index in [0.717, 1.165) is 17.7 Å². The number of likely N-dealkylation sites (tertiary alicyclic amines) is 1. The molecule has 0 radical (unpaired) electrons. The number of allylic oxidation sites excluding steroid dienone is 2. The summed E-state index contributed by atoms with van der Waals surface area (Å²) in [6.07, 6.45) is 5.39. The maximum atomic E-state index is 13.0. The van der Waals surface area contributed by atoms with E-state index in [1.165, 1.54) is 4.90 Å². The normalized spacial score (nSPS) is 31.3. The minimum absolute atomic E-state index is 0.167. The van der Waals surface area contributed by atoms with Gasteiger partial charge in [-0.15, -0.1) is 0 Å². The molecule has 0 aromatic heterocycles. The van der Waals surface area contributed by atoms with Gasteiger partial charge < -0.3 is 10.1 Å². The molecule has 5 aliphatic rings. The summed E-state index contributed by atoms with van der Waals surface area (Å²) < 4.78 is 5.81. The molecule has 6 nitrogen and oxygen atoms in total. The molecule has 7 rings (SSSR count). The number of amides is 3. The van der Waals surface area contributed by atoms with Crippen molar-refractivity contribution in [2.45, 2.75) is 13.3 Å². The number of benzene rings is 2. The van der Waals surface area contributed by atoms with E-state index in [1.54, 1.807) is 24.3 Å². The molecule has 2 saturated carbocycles. The second kappa shape index (κ2) is 7.05. The third kappa shape index (κ3) is 3.05. The zero-order valence-electron chi connectivity index (χ0n) is 17.7. The van der Waals surface area contributed by atoms with Gasteiger partial charge in [-0.05, 0) is 73.4 Å². The van der Waals surface area contributed by atoms with Gasteiger partial charge in [-0.3, -0.25) is 19.3 Å². The molecule has 3 amide bonds. The summed E-state index contributed by atoms with van der Waals surface area (Å²) in [5.74, 6) is 1.56. The first-order chi connectivity index (χ1) is 15.5. The molecule has 0 unspecified atom stereocenters. The Hall–Kier alpha value is -3.41. The number of nitrogens with zero attached hydrogens (tertiary/aromatic N) is 1. The van der Waals surface area contributed by atoms with Crippen molar-refractivity contribution >= 4 is 23.4 Å². The number of carbonyl (C=O) groups is 3. The van der Waals surface area contributed by atoms with Crippen LogP contribution in [0.5, 0.6) is 11.5 Å². The smallest absolute Gasteiger partial charge is 0.244 e. The topological polar surface area (TPSA) is 75.7 Å². The van der Waals surface area contributed by atoms with Gasteiger partial charge in [0.1, 0.15) is 18.0 Å². The van der Waals surface area contributed by atoms with Crippen molar-refractivity contribution in [1.29, 1.82) is 0 Å². The number of imide groups is 1. The maximum absolute atomic E-state index is 13.0. The monoisotopic (exact) mass is 428 g/mol. The van der Waals surface area contributed by atoms with E-state index in [9.17, 15) is 14.4 Å². The van der Waals surface area contributed by atoms with Crippen LogP contribution in [-0.2, 0) is 14.4 Å². The van der Waals surface area contributed by atoms with Gasteiger partial charge in [-0.25, -0.2) is 0 Å². The fourth-order valence-electron chi connectivity index (χ4n) is 5.87. The number of rotatable bonds is 5. The van der Waals surface area contributed by atoms with Crippen LogP contribution in [-0.4, -0.2) is 29.2 Å². The Morgan fingerprint density at radius 1 is 0.906 bits per heavy atom. The molecule has 0 spiro atoms. The molecule has 162 valence electrons. The van der Waals surface area contributed by atoms with Gasteiger partial charge in [0.25, 0.3) is 0 Å². The van der Waals surface area contributed by atoms with Crippen LogP contribution in [0.2, 0.25) is 0 Å². The Kier molecular flexibility index (Phi) is 4.25. The number of anilines is 1. The van der Waals surface area contributed by atoms with Crippen LogP contribution < -0.4 is 10.1 Å². The predicted octanol–water partition coefficient (Wildman–Crippen LogP) is 3.78. The summed E-state index contributed by atoms with van der Waals surface area (Å²) in [5, 5.41) is 2.79. The van der Waals surface area contributed by atoms with E-state index in [0.29, 0.717) is 23.3 Å². The number of ether oxygens (including phenoxy) is 1. The highest BCUT2D eigenvalue weighted by atomic mass is 16.5. The van der Waals surface area contributed by atoms with Gasteiger partial charge in [-0.1, -0.05) is 29.8 Å². The van der Waals surface area contributed by atoms with Crippen molar-refractivity contribution in [3.8, 4) is 11.5 Å². The molecular formula is C26H24N2O4. The number of carbonyl (C=O) groups excluding carboxylic acids is 3. The van der Waals surface area contributed by atoms with Gasteiger partial charge in [0.15, 0.2) is 0 Å². The zero-order valence-corrected chi connectivity index (χ0v) is 17.7. The SMILES string of the molecule is Cc1ccc(Oc2ccc(NC(=O)CN3C(=O)[C@@H]4[C@H]5C=C[C@@H]([C@@H]6C[C@@H]56)[C@H]4C3=O)cc2)cc1. The number of hydrogen-bond donors (Lipinski definition) is 1. The Bertz CT molecular complexity index is 1100.